The third-order valence-electron chi connectivity index (χ3n) is 0.224. The number of hydrogen-bond donors (Lipinski definition) is 1. The fraction of sp³-hybridized carbons (Fsp3) is 1.00. The minimum absolute atomic E-state index is 0. The van der Waals surface area contributed by atoms with Crippen molar-refractivity contribution in [2.45, 2.75) is 13.3 Å². The molecule has 0 aliphatic carbocycles. The maximum absolute atomic E-state index is 7.88. The Kier molecular flexibility index (Phi) is 16.0. The van der Waals surface area contributed by atoms with Crippen LogP contribution in [-0.4, -0.2) is 28.8 Å². The van der Waals surface area contributed by atoms with Crippen molar-refractivity contribution in [2.24, 2.45) is 0 Å². The standard InChI is InChI=1S/C3H8O.Se/c1-2-3-4;/h4H,2-3H2,1H3;. The normalized spacial score (nSPS) is 6.00. The van der Waals surface area contributed by atoms with Gasteiger partial charge in [-0.2, -0.15) is 0 Å². The number of aliphatic hydroxyl groups is 1. The molecule has 0 atom stereocenters. The Morgan fingerprint density at radius 3 is 1.80 bits per heavy atom. The summed E-state index contributed by atoms with van der Waals surface area (Å²) < 4.78 is 0. The topological polar surface area (TPSA) is 20.2 Å². The summed E-state index contributed by atoms with van der Waals surface area (Å²) in [5.74, 6) is 0. The Morgan fingerprint density at radius 2 is 1.80 bits per heavy atom. The SMILES string of the molecule is CCCO.[Se]. The van der Waals surface area contributed by atoms with Gasteiger partial charge in [-0.3, -0.25) is 0 Å². The van der Waals surface area contributed by atoms with E-state index in [2.05, 4.69) is 0 Å². The minimum atomic E-state index is 0. The molecule has 0 bridgehead atoms. The Morgan fingerprint density at radius 1 is 1.60 bits per heavy atom. The first-order valence-corrected chi connectivity index (χ1v) is 1.52. The van der Waals surface area contributed by atoms with E-state index in [9.17, 15) is 0 Å². The molecule has 0 unspecified atom stereocenters. The Balaban J connectivity index is 0. The van der Waals surface area contributed by atoms with Crippen LogP contribution in [-0.2, 0) is 0 Å². The summed E-state index contributed by atoms with van der Waals surface area (Å²) in [5, 5.41) is 7.88. The predicted octanol–water partition coefficient (Wildman–Crippen LogP) is 0.00790. The third-order valence-corrected chi connectivity index (χ3v) is 0.224. The van der Waals surface area contributed by atoms with E-state index in [1.165, 1.54) is 0 Å². The molecule has 0 rings (SSSR count). The van der Waals surface area contributed by atoms with Crippen LogP contribution >= 0.6 is 0 Å². The Bertz CT molecular complexity index is 8.85. The molecule has 0 fully saturated rings. The zero-order chi connectivity index (χ0) is 3.41. The van der Waals surface area contributed by atoms with Gasteiger partial charge in [0.15, 0.2) is 0 Å². The van der Waals surface area contributed by atoms with E-state index in [4.69, 9.17) is 5.11 Å². The van der Waals surface area contributed by atoms with Gasteiger partial charge in [0.2, 0.25) is 0 Å². The smallest absolute Gasteiger partial charge is 0.0428 e. The molecule has 0 aromatic rings. The van der Waals surface area contributed by atoms with Crippen LogP contribution in [0.3, 0.4) is 0 Å². The van der Waals surface area contributed by atoms with E-state index in [0.717, 1.165) is 6.42 Å². The first kappa shape index (κ1) is 9.08. The van der Waals surface area contributed by atoms with Gasteiger partial charge in [-0.25, -0.2) is 0 Å². The number of hydrogen-bond acceptors (Lipinski definition) is 1. The zero-order valence-corrected chi connectivity index (χ0v) is 4.98. The minimum Gasteiger partial charge on any atom is -0.396 e. The second-order valence-electron chi connectivity index (χ2n) is 0.724. The molecule has 32 valence electrons. The fourth-order valence-corrected chi connectivity index (χ4v) is 0. The second kappa shape index (κ2) is 8.82. The van der Waals surface area contributed by atoms with Gasteiger partial charge in [0.1, 0.15) is 0 Å². The van der Waals surface area contributed by atoms with Crippen LogP contribution in [0.4, 0.5) is 0 Å². The molecule has 0 aliphatic heterocycles. The Hall–Kier alpha value is 0.479. The van der Waals surface area contributed by atoms with Crippen LogP contribution in [0.2, 0.25) is 0 Å². The van der Waals surface area contributed by atoms with Gasteiger partial charge in [0.25, 0.3) is 0 Å². The molecule has 1 N–H and O–H groups in total. The van der Waals surface area contributed by atoms with Crippen molar-refractivity contribution in [3.05, 3.63) is 0 Å². The second-order valence-corrected chi connectivity index (χ2v) is 0.724. The average molecular weight is 139 g/mol. The van der Waals surface area contributed by atoms with E-state index in [1.807, 2.05) is 6.92 Å². The summed E-state index contributed by atoms with van der Waals surface area (Å²) in [6.07, 6.45) is 0.875. The molecule has 2 radical (unpaired) electrons. The Labute approximate surface area is 42.9 Å². The van der Waals surface area contributed by atoms with Gasteiger partial charge in [0, 0.05) is 23.7 Å². The van der Waals surface area contributed by atoms with E-state index in [-0.39, 0.29) is 17.1 Å². The van der Waals surface area contributed by atoms with Crippen LogP contribution < -0.4 is 0 Å². The third kappa shape index (κ3) is 12.6. The molecule has 0 aromatic heterocycles. The molecule has 0 aromatic carbocycles. The van der Waals surface area contributed by atoms with Gasteiger partial charge in [-0.15, -0.1) is 0 Å². The zero-order valence-electron chi connectivity index (χ0n) is 3.27. The number of rotatable bonds is 1. The molecular weight excluding hydrogens is 131 g/mol. The fourth-order valence-electron chi connectivity index (χ4n) is 0. The van der Waals surface area contributed by atoms with Crippen molar-refractivity contribution in [1.29, 1.82) is 0 Å². The molecule has 0 spiro atoms. The van der Waals surface area contributed by atoms with E-state index >= 15 is 0 Å². The van der Waals surface area contributed by atoms with Crippen molar-refractivity contribution in [1.82, 2.24) is 0 Å². The first-order chi connectivity index (χ1) is 1.91. The summed E-state index contributed by atoms with van der Waals surface area (Å²) >= 11 is 0. The van der Waals surface area contributed by atoms with Crippen molar-refractivity contribution >= 4 is 17.1 Å². The van der Waals surface area contributed by atoms with Crippen LogP contribution in [0, 0.1) is 0 Å². The van der Waals surface area contributed by atoms with Gasteiger partial charge in [-0.05, 0) is 6.42 Å². The summed E-state index contributed by atoms with van der Waals surface area (Å²) in [5.41, 5.74) is 0. The number of aliphatic hydroxyl groups excluding tert-OH is 1. The van der Waals surface area contributed by atoms with E-state index in [1.54, 1.807) is 0 Å². The molecule has 0 saturated heterocycles. The van der Waals surface area contributed by atoms with Crippen LogP contribution in [0.25, 0.3) is 0 Å². The molecule has 5 heavy (non-hydrogen) atoms. The van der Waals surface area contributed by atoms with Gasteiger partial charge >= 0.3 is 0 Å². The van der Waals surface area contributed by atoms with Gasteiger partial charge in [0.05, 0.1) is 0 Å². The molecule has 1 nitrogen and oxygen atoms in total. The van der Waals surface area contributed by atoms with Crippen molar-refractivity contribution in [3.63, 3.8) is 0 Å². The molecule has 0 heterocycles. The van der Waals surface area contributed by atoms with Crippen molar-refractivity contribution in [2.75, 3.05) is 6.61 Å². The van der Waals surface area contributed by atoms with E-state index in [0.29, 0.717) is 6.61 Å². The van der Waals surface area contributed by atoms with Crippen molar-refractivity contribution in [3.8, 4) is 0 Å². The van der Waals surface area contributed by atoms with Crippen LogP contribution in [0.5, 0.6) is 0 Å². The summed E-state index contributed by atoms with van der Waals surface area (Å²) in [6, 6.07) is 0. The van der Waals surface area contributed by atoms with E-state index < -0.39 is 0 Å². The molecule has 2 heteroatoms. The summed E-state index contributed by atoms with van der Waals surface area (Å²) in [6.45, 7) is 2.25. The van der Waals surface area contributed by atoms with Crippen molar-refractivity contribution < 1.29 is 5.11 Å². The molecular formula is C3H8OSe. The van der Waals surface area contributed by atoms with Gasteiger partial charge < -0.3 is 5.11 Å². The molecule has 0 aliphatic rings. The summed E-state index contributed by atoms with van der Waals surface area (Å²) in [7, 11) is 0. The summed E-state index contributed by atoms with van der Waals surface area (Å²) in [4.78, 5) is 0. The quantitative estimate of drug-likeness (QED) is 0.507. The molecule has 0 amide bonds. The molecule has 0 saturated carbocycles. The predicted molar refractivity (Wildman–Crippen MR) is 23.1 cm³/mol. The average Bonchev–Trinajstić information content (AvgIpc) is 1.37. The maximum atomic E-state index is 7.88. The van der Waals surface area contributed by atoms with Crippen LogP contribution in [0.15, 0.2) is 0 Å². The maximum Gasteiger partial charge on any atom is 0.0428 e. The largest absolute Gasteiger partial charge is 0.396 e. The van der Waals surface area contributed by atoms with Crippen LogP contribution in [0.1, 0.15) is 13.3 Å². The monoisotopic (exact) mass is 140 g/mol. The first-order valence-electron chi connectivity index (χ1n) is 1.52. The van der Waals surface area contributed by atoms with Gasteiger partial charge in [-0.1, -0.05) is 6.92 Å².